The molecule has 2 N–H and O–H groups in total. The van der Waals surface area contributed by atoms with Crippen molar-refractivity contribution in [2.75, 3.05) is 139 Å². The number of rotatable bonds is 20. The number of hydrazone groups is 1. The Bertz CT molecular complexity index is 3170. The Kier molecular flexibility index (Phi) is 32.6. The highest BCUT2D eigenvalue weighted by atomic mass is 32.1. The van der Waals surface area contributed by atoms with Crippen molar-refractivity contribution in [1.29, 1.82) is 0 Å². The highest BCUT2D eigenvalue weighted by Crippen LogP contribution is 2.15. The molecule has 0 spiro atoms. The Morgan fingerprint density at radius 2 is 1.01 bits per heavy atom. The van der Waals surface area contributed by atoms with Crippen LogP contribution in [-0.2, 0) is 6.61 Å². The molecule has 0 atom stereocenters. The normalized spacial score (nSPS) is 14.6. The van der Waals surface area contributed by atoms with Crippen molar-refractivity contribution in [2.24, 2.45) is 25.1 Å². The van der Waals surface area contributed by atoms with Crippen molar-refractivity contribution >= 4 is 120 Å². The van der Waals surface area contributed by atoms with Crippen LogP contribution in [0.4, 0.5) is 5.69 Å². The first-order valence-electron chi connectivity index (χ1n) is 30.2. The Morgan fingerprint density at radius 1 is 0.533 bits per heavy atom. The minimum atomic E-state index is -0.0483. The van der Waals surface area contributed by atoms with Gasteiger partial charge in [0.05, 0.1) is 105 Å². The van der Waals surface area contributed by atoms with Gasteiger partial charge in [-0.15, -0.1) is 0 Å². The van der Waals surface area contributed by atoms with Crippen molar-refractivity contribution in [2.45, 2.75) is 66.9 Å². The van der Waals surface area contributed by atoms with Gasteiger partial charge in [0, 0.05) is 129 Å². The fourth-order valence-electron chi connectivity index (χ4n) is 7.91. The fourth-order valence-corrected chi connectivity index (χ4v) is 8.94. The number of hydrogen-bond acceptors (Lipinski definition) is 19. The summed E-state index contributed by atoms with van der Waals surface area (Å²) in [5, 5.41) is 13.8. The molecule has 0 aliphatic carbocycles. The predicted molar refractivity (Wildman–Crippen MR) is 391 cm³/mol. The van der Waals surface area contributed by atoms with Crippen LogP contribution >= 0.6 is 61.1 Å². The topological polar surface area (TPSA) is 190 Å². The molecular formula is C65H90N18O2S5. The summed E-state index contributed by atoms with van der Waals surface area (Å²) in [5.41, 5.74) is 13.5. The number of aliphatic hydroxyl groups is 1. The Hall–Kier alpha value is -7.13. The van der Waals surface area contributed by atoms with E-state index in [1.807, 2.05) is 138 Å². The molecule has 4 aromatic heterocycles. The lowest BCUT2D eigenvalue weighted by Gasteiger charge is -2.32. The summed E-state index contributed by atoms with van der Waals surface area (Å²) in [6.45, 7) is 22.2. The van der Waals surface area contributed by atoms with E-state index in [1.165, 1.54) is 31.2 Å². The summed E-state index contributed by atoms with van der Waals surface area (Å²) in [4.78, 5) is 57.6. The van der Waals surface area contributed by atoms with Crippen LogP contribution in [0.25, 0.3) is 0 Å². The third-order valence-electron chi connectivity index (χ3n) is 14.4. The molecule has 4 saturated heterocycles. The van der Waals surface area contributed by atoms with E-state index in [9.17, 15) is 0 Å². The molecule has 1 aromatic carbocycles. The zero-order chi connectivity index (χ0) is 65.4. The molecule has 25 heteroatoms. The number of thiocarbonyl (C=S) groups is 5. The number of likely N-dealkylation sites (N-methyl/N-ethyl adjacent to an activating group) is 1. The number of aromatic nitrogens is 5. The van der Waals surface area contributed by atoms with Crippen molar-refractivity contribution in [3.8, 4) is 5.75 Å². The maximum atomic E-state index is 9.04. The van der Waals surface area contributed by atoms with Crippen molar-refractivity contribution in [3.05, 3.63) is 138 Å². The summed E-state index contributed by atoms with van der Waals surface area (Å²) in [5.74, 6) is 0.784. The molecule has 8 heterocycles. The molecule has 4 fully saturated rings. The number of ether oxygens (including phenoxy) is 1. The minimum absolute atomic E-state index is 0.0483. The zero-order valence-electron chi connectivity index (χ0n) is 54.2. The first-order valence-corrected chi connectivity index (χ1v) is 32.2. The summed E-state index contributed by atoms with van der Waals surface area (Å²) in [7, 11) is 11.8. The van der Waals surface area contributed by atoms with E-state index in [-0.39, 0.29) is 6.61 Å². The summed E-state index contributed by atoms with van der Waals surface area (Å²) < 4.78 is 5.68. The maximum absolute atomic E-state index is 9.04. The Morgan fingerprint density at radius 3 is 1.47 bits per heavy atom. The highest BCUT2D eigenvalue weighted by Gasteiger charge is 2.19. The number of aliphatic hydroxyl groups excluding tert-OH is 1. The first-order chi connectivity index (χ1) is 43.2. The number of nitrogens with one attached hydrogen (secondary N) is 1. The van der Waals surface area contributed by atoms with E-state index in [2.05, 4.69) is 96.9 Å². The van der Waals surface area contributed by atoms with Gasteiger partial charge >= 0.3 is 0 Å². The van der Waals surface area contributed by atoms with Gasteiger partial charge in [-0.3, -0.25) is 45.3 Å². The molecular weight excluding hydrogens is 1230 g/mol. The summed E-state index contributed by atoms with van der Waals surface area (Å²) >= 11 is 26.4. The van der Waals surface area contributed by atoms with E-state index in [4.69, 9.17) is 70.9 Å². The van der Waals surface area contributed by atoms with Crippen LogP contribution in [0.15, 0.2) is 129 Å². The third kappa shape index (κ3) is 26.4. The number of nitrogens with zero attached hydrogens (tertiary/aromatic N) is 17. The van der Waals surface area contributed by atoms with Crippen molar-refractivity contribution < 1.29 is 9.84 Å². The van der Waals surface area contributed by atoms with Gasteiger partial charge < -0.3 is 44.1 Å². The lowest BCUT2D eigenvalue weighted by molar-refractivity contribution is 0.261. The second kappa shape index (κ2) is 39.9. The first kappa shape index (κ1) is 73.6. The zero-order valence-corrected chi connectivity index (χ0v) is 58.3. The molecule has 482 valence electrons. The smallest absolute Gasteiger partial charge is 0.189 e. The SMILES string of the molecule is C/C(=N\NC(=S)N(C)C)c1cc(OCCN(C)C)ccn1.CC(=NCC(=S)N1CCC1)c1cc(N(C)C)ccn1.CC(=NCC(=S)N1CCC1)c1cccc(CO)n1.CC(=NCC(=S)N1CCC1)c1ccccc1.CC(=NCC(=S)N1CCC1)c1cnccn1. The molecule has 20 nitrogen and oxygen atoms in total. The van der Waals surface area contributed by atoms with Gasteiger partial charge in [0.15, 0.2) is 5.11 Å². The Labute approximate surface area is 560 Å². The third-order valence-corrected chi connectivity index (χ3v) is 16.4. The molecule has 0 unspecified atom stereocenters. The molecule has 4 aliphatic heterocycles. The van der Waals surface area contributed by atoms with E-state index < -0.39 is 0 Å². The molecule has 4 aliphatic rings. The number of pyridine rings is 3. The predicted octanol–water partition coefficient (Wildman–Crippen LogP) is 8.44. The standard InChI is InChI=1S/C14H23N5OS.C14H20N4S.C13H17N3OS.C13H16N2S.C11H14N4S/c1-11(16-17-14(21)19(4)5)13-10-12(6-7-15-13)20-9-8-18(2)3;1-11(16-10-14(19)18-7-4-8-18)13-9-12(17(2)3)5-6-15-13;1-10(12-5-2-4-11(9-17)15-12)14-8-13(18)16-6-3-7-16;1-11(12-6-3-2-4-7-12)14-10-13(16)15-8-5-9-15;1-9(10-7-12-3-4-13-10)14-8-11(16)15-5-2-6-15/h6-7,10H,8-9H2,1-5H3,(H,17,21);5-6,9H,4,7-8,10H2,1-3H3;2,4-5,17H,3,6-9H2,1H3;2-4,6-7H,5,8-10H2,1H3;3-4,7H,2,5-6,8H2,1H3/b16-11+;;;;. The number of anilines is 1. The van der Waals surface area contributed by atoms with E-state index in [0.717, 1.165) is 142 Å². The largest absolute Gasteiger partial charge is 0.492 e. The maximum Gasteiger partial charge on any atom is 0.189 e. The van der Waals surface area contributed by atoms with Crippen LogP contribution in [0.5, 0.6) is 5.75 Å². The van der Waals surface area contributed by atoms with Gasteiger partial charge in [-0.25, -0.2) is 4.98 Å². The van der Waals surface area contributed by atoms with Gasteiger partial charge in [-0.1, -0.05) is 85.3 Å². The van der Waals surface area contributed by atoms with Crippen molar-refractivity contribution in [3.63, 3.8) is 0 Å². The van der Waals surface area contributed by atoms with Crippen LogP contribution in [-0.4, -0.2) is 247 Å². The average Bonchev–Trinajstić information content (AvgIpc) is 3.03. The summed E-state index contributed by atoms with van der Waals surface area (Å²) in [6, 6.07) is 23.5. The average molecular weight is 1320 g/mol. The van der Waals surface area contributed by atoms with Gasteiger partial charge in [-0.05, 0) is 123 Å². The number of hydrogen-bond donors (Lipinski definition) is 2. The molecule has 0 saturated carbocycles. The van der Waals surface area contributed by atoms with Gasteiger partial charge in [0.1, 0.15) is 18.1 Å². The molecule has 0 radical (unpaired) electrons. The lowest BCUT2D eigenvalue weighted by Crippen LogP contribution is -2.42. The molecule has 5 aromatic rings. The molecule has 9 rings (SSSR count). The van der Waals surface area contributed by atoms with Crippen molar-refractivity contribution in [1.82, 2.24) is 59.7 Å². The van der Waals surface area contributed by atoms with Crippen LogP contribution in [0.3, 0.4) is 0 Å². The van der Waals surface area contributed by atoms with E-state index in [0.29, 0.717) is 43.6 Å². The quantitative estimate of drug-likeness (QED) is 0.0428. The fraction of sp³-hybridized carbons (Fsp3) is 0.462. The van der Waals surface area contributed by atoms with E-state index >= 15 is 0 Å². The highest BCUT2D eigenvalue weighted by molar-refractivity contribution is 7.81. The van der Waals surface area contributed by atoms with Crippen LogP contribution in [0.1, 0.15) is 94.3 Å². The number of likely N-dealkylation sites (tertiary alicyclic amines) is 4. The molecule has 0 bridgehead atoms. The Balaban J connectivity index is 0.000000205. The second-order valence-electron chi connectivity index (χ2n) is 22.0. The van der Waals surface area contributed by atoms with Gasteiger partial charge in [0.25, 0.3) is 0 Å². The lowest BCUT2D eigenvalue weighted by atomic mass is 10.1. The van der Waals surface area contributed by atoms with Gasteiger partial charge in [-0.2, -0.15) is 5.10 Å². The van der Waals surface area contributed by atoms with E-state index in [1.54, 1.807) is 35.8 Å². The minimum Gasteiger partial charge on any atom is -0.492 e. The molecule has 90 heavy (non-hydrogen) atoms. The van der Waals surface area contributed by atoms with Crippen LogP contribution < -0.4 is 15.1 Å². The monoisotopic (exact) mass is 1310 g/mol. The number of aliphatic imine (C=N–C) groups is 4. The van der Waals surface area contributed by atoms with Crippen LogP contribution in [0.2, 0.25) is 0 Å². The number of benzene rings is 1. The van der Waals surface area contributed by atoms with Crippen LogP contribution in [0, 0.1) is 0 Å². The molecule has 0 amide bonds. The second-order valence-corrected chi connectivity index (χ2v) is 24.3. The van der Waals surface area contributed by atoms with Gasteiger partial charge in [0.2, 0.25) is 0 Å². The summed E-state index contributed by atoms with van der Waals surface area (Å²) in [6.07, 6.45) is 13.5.